The second kappa shape index (κ2) is 11.4. The van der Waals surface area contributed by atoms with E-state index < -0.39 is 0 Å². The van der Waals surface area contributed by atoms with Crippen LogP contribution in [-0.4, -0.2) is 38.6 Å². The number of benzene rings is 3. The highest BCUT2D eigenvalue weighted by Gasteiger charge is 2.18. The molecule has 0 saturated heterocycles. The number of carbonyl (C=O) groups is 1. The highest BCUT2D eigenvalue weighted by Crippen LogP contribution is 2.27. The number of nitrogens with one attached hydrogen (secondary N) is 1. The molecule has 3 aromatic carbocycles. The third kappa shape index (κ3) is 6.13. The van der Waals surface area contributed by atoms with Crippen molar-refractivity contribution in [1.82, 2.24) is 10.2 Å². The number of rotatable bonds is 9. The second-order valence-corrected chi connectivity index (χ2v) is 8.58. The molecule has 164 valence electrons. The van der Waals surface area contributed by atoms with Gasteiger partial charge in [-0.3, -0.25) is 4.79 Å². The van der Waals surface area contributed by atoms with E-state index in [0.29, 0.717) is 17.7 Å². The van der Waals surface area contributed by atoms with Crippen molar-refractivity contribution in [3.05, 3.63) is 95.1 Å². The van der Waals surface area contributed by atoms with E-state index in [0.717, 1.165) is 27.5 Å². The van der Waals surface area contributed by atoms with Gasteiger partial charge in [-0.2, -0.15) is 5.26 Å². The lowest BCUT2D eigenvalue weighted by atomic mass is 10.1. The Labute approximate surface area is 194 Å². The van der Waals surface area contributed by atoms with Gasteiger partial charge in [-0.1, -0.05) is 36.4 Å². The van der Waals surface area contributed by atoms with Crippen molar-refractivity contribution in [2.45, 2.75) is 16.7 Å². The number of nitriles is 1. The van der Waals surface area contributed by atoms with Gasteiger partial charge >= 0.3 is 0 Å². The first-order valence-corrected chi connectivity index (χ1v) is 11.3. The lowest BCUT2D eigenvalue weighted by Crippen LogP contribution is -2.34. The SMILES string of the molecule is COc1cccc(C(CNC(=O)c2ccccc2SCc2ccc(C#N)cc2)N(C)C)c1. The van der Waals surface area contributed by atoms with Gasteiger partial charge in [0.2, 0.25) is 0 Å². The fraction of sp³-hybridized carbons (Fsp3) is 0.231. The van der Waals surface area contributed by atoms with Crippen LogP contribution in [0.5, 0.6) is 5.75 Å². The third-order valence-corrected chi connectivity index (χ3v) is 6.31. The van der Waals surface area contributed by atoms with Gasteiger partial charge in [-0.05, 0) is 61.6 Å². The lowest BCUT2D eigenvalue weighted by molar-refractivity contribution is 0.0939. The number of hydrogen-bond donors (Lipinski definition) is 1. The smallest absolute Gasteiger partial charge is 0.252 e. The molecule has 0 spiro atoms. The maximum atomic E-state index is 13.0. The summed E-state index contributed by atoms with van der Waals surface area (Å²) >= 11 is 1.61. The monoisotopic (exact) mass is 445 g/mol. The average molecular weight is 446 g/mol. The number of amides is 1. The van der Waals surface area contributed by atoms with Crippen LogP contribution in [0.1, 0.15) is 33.1 Å². The highest BCUT2D eigenvalue weighted by molar-refractivity contribution is 7.98. The van der Waals surface area contributed by atoms with Crippen LogP contribution < -0.4 is 10.1 Å². The van der Waals surface area contributed by atoms with Crippen LogP contribution in [0.4, 0.5) is 0 Å². The van der Waals surface area contributed by atoms with Gasteiger partial charge in [0.1, 0.15) is 5.75 Å². The normalized spacial score (nSPS) is 11.6. The molecule has 3 rings (SSSR count). The maximum Gasteiger partial charge on any atom is 0.252 e. The van der Waals surface area contributed by atoms with Crippen LogP contribution in [0.15, 0.2) is 77.7 Å². The quantitative estimate of drug-likeness (QED) is 0.475. The maximum absolute atomic E-state index is 13.0. The molecule has 0 aromatic heterocycles. The number of carbonyl (C=O) groups excluding carboxylic acids is 1. The molecule has 0 heterocycles. The van der Waals surface area contributed by atoms with Crippen molar-refractivity contribution >= 4 is 17.7 Å². The summed E-state index contributed by atoms with van der Waals surface area (Å²) in [6.07, 6.45) is 0. The fourth-order valence-corrected chi connectivity index (χ4v) is 4.35. The first kappa shape index (κ1) is 23.4. The molecule has 1 N–H and O–H groups in total. The Hall–Kier alpha value is -3.27. The Bertz CT molecular complexity index is 1090. The van der Waals surface area contributed by atoms with Gasteiger partial charge < -0.3 is 15.0 Å². The van der Waals surface area contributed by atoms with E-state index in [1.54, 1.807) is 18.9 Å². The summed E-state index contributed by atoms with van der Waals surface area (Å²) in [5, 5.41) is 12.0. The molecule has 0 aliphatic heterocycles. The van der Waals surface area contributed by atoms with Crippen molar-refractivity contribution < 1.29 is 9.53 Å². The van der Waals surface area contributed by atoms with Gasteiger partial charge in [0.05, 0.1) is 30.3 Å². The van der Waals surface area contributed by atoms with E-state index >= 15 is 0 Å². The number of likely N-dealkylation sites (N-methyl/N-ethyl adjacent to an activating group) is 1. The van der Waals surface area contributed by atoms with Crippen LogP contribution in [0.25, 0.3) is 0 Å². The summed E-state index contributed by atoms with van der Waals surface area (Å²) in [5.74, 6) is 1.42. The molecule has 3 aromatic rings. The molecule has 1 unspecified atom stereocenters. The molecule has 0 saturated carbocycles. The van der Waals surface area contributed by atoms with Gasteiger partial charge in [-0.25, -0.2) is 0 Å². The number of ether oxygens (including phenoxy) is 1. The molecule has 0 aliphatic carbocycles. The first-order chi connectivity index (χ1) is 15.5. The van der Waals surface area contributed by atoms with Gasteiger partial charge in [0.25, 0.3) is 5.91 Å². The summed E-state index contributed by atoms with van der Waals surface area (Å²) < 4.78 is 5.35. The molecular weight excluding hydrogens is 418 g/mol. The number of hydrogen-bond acceptors (Lipinski definition) is 5. The third-order valence-electron chi connectivity index (χ3n) is 5.17. The molecule has 0 bridgehead atoms. The summed E-state index contributed by atoms with van der Waals surface area (Å²) in [5.41, 5.74) is 3.49. The minimum Gasteiger partial charge on any atom is -0.497 e. The van der Waals surface area contributed by atoms with Gasteiger partial charge in [-0.15, -0.1) is 11.8 Å². The predicted octanol–water partition coefficient (Wildman–Crippen LogP) is 4.89. The molecule has 5 nitrogen and oxygen atoms in total. The number of methoxy groups -OCH3 is 1. The van der Waals surface area contributed by atoms with Crippen molar-refractivity contribution in [3.63, 3.8) is 0 Å². The molecule has 0 radical (unpaired) electrons. The van der Waals surface area contributed by atoms with E-state index in [1.165, 1.54) is 0 Å². The largest absolute Gasteiger partial charge is 0.497 e. The zero-order valence-electron chi connectivity index (χ0n) is 18.5. The van der Waals surface area contributed by atoms with E-state index in [4.69, 9.17) is 10.00 Å². The van der Waals surface area contributed by atoms with Crippen LogP contribution >= 0.6 is 11.8 Å². The Morgan fingerprint density at radius 1 is 1.09 bits per heavy atom. The minimum absolute atomic E-state index is 0.0208. The summed E-state index contributed by atoms with van der Waals surface area (Å²) in [6.45, 7) is 0.480. The standard InChI is InChI=1S/C26H27N3O2S/c1-29(2)24(21-7-6-8-22(15-21)31-3)17-28-26(30)23-9-4-5-10-25(23)32-18-20-13-11-19(16-27)12-14-20/h4-15,24H,17-18H2,1-3H3,(H,28,30). The average Bonchev–Trinajstić information content (AvgIpc) is 2.83. The summed E-state index contributed by atoms with van der Waals surface area (Å²) in [4.78, 5) is 16.0. The zero-order valence-corrected chi connectivity index (χ0v) is 19.4. The van der Waals surface area contributed by atoms with E-state index in [9.17, 15) is 4.79 Å². The first-order valence-electron chi connectivity index (χ1n) is 10.3. The van der Waals surface area contributed by atoms with Gasteiger partial charge in [0, 0.05) is 17.2 Å². The minimum atomic E-state index is -0.0947. The molecule has 6 heteroatoms. The molecular formula is C26H27N3O2S. The van der Waals surface area contributed by atoms with Gasteiger partial charge in [0.15, 0.2) is 0 Å². The summed E-state index contributed by atoms with van der Waals surface area (Å²) in [7, 11) is 5.65. The second-order valence-electron chi connectivity index (χ2n) is 7.56. The Balaban J connectivity index is 1.68. The van der Waals surface area contributed by atoms with Crippen LogP contribution in [0.2, 0.25) is 0 Å². The van der Waals surface area contributed by atoms with Crippen molar-refractivity contribution in [3.8, 4) is 11.8 Å². The fourth-order valence-electron chi connectivity index (χ4n) is 3.35. The number of thioether (sulfide) groups is 1. The topological polar surface area (TPSA) is 65.4 Å². The summed E-state index contributed by atoms with van der Waals surface area (Å²) in [6, 6.07) is 25.2. The molecule has 0 fully saturated rings. The van der Waals surface area contributed by atoms with Crippen molar-refractivity contribution in [1.29, 1.82) is 5.26 Å². The van der Waals surface area contributed by atoms with Crippen LogP contribution in [0.3, 0.4) is 0 Å². The molecule has 0 aliphatic rings. The Morgan fingerprint density at radius 2 is 1.84 bits per heavy atom. The highest BCUT2D eigenvalue weighted by atomic mass is 32.2. The van der Waals surface area contributed by atoms with E-state index in [2.05, 4.69) is 16.3 Å². The molecule has 1 amide bonds. The van der Waals surface area contributed by atoms with E-state index in [-0.39, 0.29) is 11.9 Å². The van der Waals surface area contributed by atoms with Crippen molar-refractivity contribution in [2.75, 3.05) is 27.7 Å². The zero-order chi connectivity index (χ0) is 22.9. The van der Waals surface area contributed by atoms with E-state index in [1.807, 2.05) is 86.9 Å². The van der Waals surface area contributed by atoms with Crippen LogP contribution in [0, 0.1) is 11.3 Å². The molecule has 32 heavy (non-hydrogen) atoms. The predicted molar refractivity (Wildman–Crippen MR) is 129 cm³/mol. The lowest BCUT2D eigenvalue weighted by Gasteiger charge is -2.25. The Kier molecular flexibility index (Phi) is 8.32. The Morgan fingerprint density at radius 3 is 2.53 bits per heavy atom. The molecule has 1 atom stereocenters. The number of nitrogens with zero attached hydrogens (tertiary/aromatic N) is 2. The van der Waals surface area contributed by atoms with Crippen LogP contribution in [-0.2, 0) is 5.75 Å². The van der Waals surface area contributed by atoms with Crippen molar-refractivity contribution in [2.24, 2.45) is 0 Å².